The van der Waals surface area contributed by atoms with Crippen LogP contribution >= 0.6 is 15.9 Å². The molecule has 0 amide bonds. The highest BCUT2D eigenvalue weighted by Crippen LogP contribution is 2.23. The first-order chi connectivity index (χ1) is 9.47. The molecule has 20 heavy (non-hydrogen) atoms. The van der Waals surface area contributed by atoms with Gasteiger partial charge in [0.1, 0.15) is 5.82 Å². The zero-order valence-electron chi connectivity index (χ0n) is 11.9. The number of rotatable bonds is 4. The van der Waals surface area contributed by atoms with Crippen LogP contribution in [0.3, 0.4) is 0 Å². The van der Waals surface area contributed by atoms with Crippen LogP contribution in [0.25, 0.3) is 0 Å². The van der Waals surface area contributed by atoms with E-state index in [1.807, 2.05) is 26.2 Å². The number of aryl methyl sites for hydroxylation is 1. The second kappa shape index (κ2) is 6.27. The van der Waals surface area contributed by atoms with Gasteiger partial charge in [0.15, 0.2) is 0 Å². The molecule has 2 aromatic carbocycles. The largest absolute Gasteiger partial charge is 0.381 e. The van der Waals surface area contributed by atoms with Crippen LogP contribution in [-0.4, -0.2) is 14.1 Å². The lowest BCUT2D eigenvalue weighted by Crippen LogP contribution is -2.11. The summed E-state index contributed by atoms with van der Waals surface area (Å²) >= 11 is 3.26. The van der Waals surface area contributed by atoms with Gasteiger partial charge in [0.05, 0.1) is 0 Å². The van der Waals surface area contributed by atoms with Crippen LogP contribution in [0, 0.1) is 12.7 Å². The lowest BCUT2D eigenvalue weighted by molar-refractivity contribution is 0.612. The standard InChI is InChI=1S/C16H18BrFN2/c1-11-4-7-14(9-16(11)20(2)3)19-10-12-5-6-13(17)8-15(12)18/h4-9,19H,10H2,1-3H3. The first-order valence-electron chi connectivity index (χ1n) is 6.43. The lowest BCUT2D eigenvalue weighted by Gasteiger charge is -2.17. The monoisotopic (exact) mass is 336 g/mol. The third-order valence-corrected chi connectivity index (χ3v) is 3.68. The van der Waals surface area contributed by atoms with Gasteiger partial charge in [-0.2, -0.15) is 0 Å². The maximum Gasteiger partial charge on any atom is 0.129 e. The normalized spacial score (nSPS) is 10.4. The van der Waals surface area contributed by atoms with Crippen LogP contribution < -0.4 is 10.2 Å². The highest BCUT2D eigenvalue weighted by atomic mass is 79.9. The Bertz CT molecular complexity index is 611. The molecule has 0 aromatic heterocycles. The smallest absolute Gasteiger partial charge is 0.129 e. The Morgan fingerprint density at radius 2 is 1.90 bits per heavy atom. The van der Waals surface area contributed by atoms with Crippen molar-refractivity contribution >= 4 is 27.3 Å². The van der Waals surface area contributed by atoms with Crippen molar-refractivity contribution in [2.24, 2.45) is 0 Å². The zero-order chi connectivity index (χ0) is 14.7. The van der Waals surface area contributed by atoms with Gasteiger partial charge in [-0.3, -0.25) is 0 Å². The predicted molar refractivity (Wildman–Crippen MR) is 86.9 cm³/mol. The van der Waals surface area contributed by atoms with Gasteiger partial charge in [-0.25, -0.2) is 4.39 Å². The molecule has 4 heteroatoms. The maximum absolute atomic E-state index is 13.7. The fraction of sp³-hybridized carbons (Fsp3) is 0.250. The van der Waals surface area contributed by atoms with Gasteiger partial charge in [0.2, 0.25) is 0 Å². The molecule has 0 aliphatic rings. The minimum Gasteiger partial charge on any atom is -0.381 e. The molecule has 1 N–H and O–H groups in total. The minimum atomic E-state index is -0.202. The fourth-order valence-corrected chi connectivity index (χ4v) is 2.40. The molecule has 0 heterocycles. The van der Waals surface area contributed by atoms with Crippen molar-refractivity contribution in [2.45, 2.75) is 13.5 Å². The molecule has 2 rings (SSSR count). The van der Waals surface area contributed by atoms with Gasteiger partial charge in [-0.15, -0.1) is 0 Å². The van der Waals surface area contributed by atoms with Crippen molar-refractivity contribution in [2.75, 3.05) is 24.3 Å². The SMILES string of the molecule is Cc1ccc(NCc2ccc(Br)cc2F)cc1N(C)C. The van der Waals surface area contributed by atoms with Gasteiger partial charge in [0, 0.05) is 42.1 Å². The van der Waals surface area contributed by atoms with E-state index in [2.05, 4.69) is 45.2 Å². The molecule has 0 saturated heterocycles. The maximum atomic E-state index is 13.7. The van der Waals surface area contributed by atoms with Crippen LogP contribution in [0.5, 0.6) is 0 Å². The number of hydrogen-bond donors (Lipinski definition) is 1. The van der Waals surface area contributed by atoms with Crippen LogP contribution in [-0.2, 0) is 6.54 Å². The summed E-state index contributed by atoms with van der Waals surface area (Å²) in [6.07, 6.45) is 0. The number of nitrogens with one attached hydrogen (secondary N) is 1. The molecular formula is C16H18BrFN2. The second-order valence-electron chi connectivity index (χ2n) is 4.98. The Balaban J connectivity index is 2.13. The van der Waals surface area contributed by atoms with Crippen molar-refractivity contribution in [3.8, 4) is 0 Å². The highest BCUT2D eigenvalue weighted by Gasteiger charge is 2.05. The van der Waals surface area contributed by atoms with E-state index in [0.717, 1.165) is 15.8 Å². The van der Waals surface area contributed by atoms with Crippen molar-refractivity contribution in [1.82, 2.24) is 0 Å². The Morgan fingerprint density at radius 3 is 2.55 bits per heavy atom. The van der Waals surface area contributed by atoms with E-state index >= 15 is 0 Å². The van der Waals surface area contributed by atoms with Gasteiger partial charge >= 0.3 is 0 Å². The summed E-state index contributed by atoms with van der Waals surface area (Å²) in [5.41, 5.74) is 4.02. The van der Waals surface area contributed by atoms with Crippen LogP contribution in [0.2, 0.25) is 0 Å². The highest BCUT2D eigenvalue weighted by molar-refractivity contribution is 9.10. The van der Waals surface area contributed by atoms with Crippen molar-refractivity contribution in [3.63, 3.8) is 0 Å². The Kier molecular flexibility index (Phi) is 4.65. The summed E-state index contributed by atoms with van der Waals surface area (Å²) in [5, 5.41) is 3.26. The number of hydrogen-bond acceptors (Lipinski definition) is 2. The molecule has 0 saturated carbocycles. The molecule has 0 bridgehead atoms. The molecular weight excluding hydrogens is 319 g/mol. The van der Waals surface area contributed by atoms with E-state index in [4.69, 9.17) is 0 Å². The molecule has 0 fully saturated rings. The number of nitrogens with zero attached hydrogens (tertiary/aromatic N) is 1. The van der Waals surface area contributed by atoms with Gasteiger partial charge in [-0.05, 0) is 36.8 Å². The minimum absolute atomic E-state index is 0.202. The van der Waals surface area contributed by atoms with Crippen molar-refractivity contribution < 1.29 is 4.39 Å². The van der Waals surface area contributed by atoms with E-state index in [1.54, 1.807) is 6.07 Å². The van der Waals surface area contributed by atoms with Gasteiger partial charge in [-0.1, -0.05) is 28.1 Å². The van der Waals surface area contributed by atoms with Crippen molar-refractivity contribution in [3.05, 3.63) is 57.8 Å². The Hall–Kier alpha value is -1.55. The topological polar surface area (TPSA) is 15.3 Å². The Morgan fingerprint density at radius 1 is 1.15 bits per heavy atom. The number of halogens is 2. The van der Waals surface area contributed by atoms with E-state index in [-0.39, 0.29) is 5.82 Å². The molecule has 2 aromatic rings. The fourth-order valence-electron chi connectivity index (χ4n) is 2.06. The molecule has 0 aliphatic heterocycles. The summed E-state index contributed by atoms with van der Waals surface area (Å²) in [6.45, 7) is 2.54. The third-order valence-electron chi connectivity index (χ3n) is 3.19. The molecule has 0 aliphatic carbocycles. The van der Waals surface area contributed by atoms with Crippen LogP contribution in [0.15, 0.2) is 40.9 Å². The van der Waals surface area contributed by atoms with E-state index in [0.29, 0.717) is 12.1 Å². The third kappa shape index (κ3) is 3.51. The summed E-state index contributed by atoms with van der Waals surface area (Å²) in [5.74, 6) is -0.202. The molecule has 0 spiro atoms. The second-order valence-corrected chi connectivity index (χ2v) is 5.90. The summed E-state index contributed by atoms with van der Waals surface area (Å²) in [4.78, 5) is 2.07. The molecule has 106 valence electrons. The summed E-state index contributed by atoms with van der Waals surface area (Å²) in [7, 11) is 4.03. The molecule has 2 nitrogen and oxygen atoms in total. The van der Waals surface area contributed by atoms with Crippen molar-refractivity contribution in [1.29, 1.82) is 0 Å². The summed E-state index contributed by atoms with van der Waals surface area (Å²) < 4.78 is 14.5. The first kappa shape index (κ1) is 14.9. The quantitative estimate of drug-likeness (QED) is 0.879. The average Bonchev–Trinajstić information content (AvgIpc) is 2.39. The zero-order valence-corrected chi connectivity index (χ0v) is 13.5. The summed E-state index contributed by atoms with van der Waals surface area (Å²) in [6, 6.07) is 11.3. The lowest BCUT2D eigenvalue weighted by atomic mass is 10.1. The van der Waals surface area contributed by atoms with Crippen LogP contribution in [0.1, 0.15) is 11.1 Å². The number of benzene rings is 2. The van der Waals surface area contributed by atoms with Gasteiger partial charge in [0.25, 0.3) is 0 Å². The molecule has 0 atom stereocenters. The first-order valence-corrected chi connectivity index (χ1v) is 7.22. The molecule has 0 radical (unpaired) electrons. The van der Waals surface area contributed by atoms with E-state index < -0.39 is 0 Å². The number of anilines is 2. The predicted octanol–water partition coefficient (Wildman–Crippen LogP) is 4.57. The molecule has 0 unspecified atom stereocenters. The van der Waals surface area contributed by atoms with E-state index in [9.17, 15) is 4.39 Å². The Labute approximate surface area is 127 Å². The van der Waals surface area contributed by atoms with Crippen LogP contribution in [0.4, 0.5) is 15.8 Å². The van der Waals surface area contributed by atoms with Gasteiger partial charge < -0.3 is 10.2 Å². The van der Waals surface area contributed by atoms with E-state index in [1.165, 1.54) is 11.6 Å². The average molecular weight is 337 g/mol.